The Hall–Kier alpha value is -1.77. The van der Waals surface area contributed by atoms with Crippen LogP contribution in [0.4, 0.5) is 0 Å². The summed E-state index contributed by atoms with van der Waals surface area (Å²) in [6, 6.07) is 9.79. The summed E-state index contributed by atoms with van der Waals surface area (Å²) in [6.45, 7) is 1.72. The topological polar surface area (TPSA) is 58.9 Å². The number of nitrogens with one attached hydrogen (secondary N) is 1. The Labute approximate surface area is 81.9 Å². The van der Waals surface area contributed by atoms with Gasteiger partial charge in [0.1, 0.15) is 5.92 Å². The van der Waals surface area contributed by atoms with Crippen molar-refractivity contribution in [1.29, 1.82) is 0 Å². The molecule has 1 aromatic carbocycles. The minimum Gasteiger partial charge on any atom is -0.369 e. The molecule has 1 amide bonds. The van der Waals surface area contributed by atoms with E-state index in [0.29, 0.717) is 5.92 Å². The number of aromatic amines is 1. The van der Waals surface area contributed by atoms with Gasteiger partial charge in [-0.2, -0.15) is 0 Å². The van der Waals surface area contributed by atoms with Crippen LogP contribution in [0, 0.1) is 5.92 Å². The second-order valence-electron chi connectivity index (χ2n) is 3.26. The van der Waals surface area contributed by atoms with E-state index < -0.39 is 5.91 Å². The van der Waals surface area contributed by atoms with Gasteiger partial charge in [0, 0.05) is 11.2 Å². The Morgan fingerprint density at radius 1 is 1.36 bits per heavy atom. The van der Waals surface area contributed by atoms with Gasteiger partial charge >= 0.3 is 0 Å². The van der Waals surface area contributed by atoms with E-state index in [9.17, 15) is 4.79 Å². The number of aromatic nitrogens is 1. The van der Waals surface area contributed by atoms with Crippen molar-refractivity contribution < 1.29 is 4.79 Å². The lowest BCUT2D eigenvalue weighted by Crippen LogP contribution is -2.19. The quantitative estimate of drug-likeness (QED) is 0.737. The molecule has 2 aromatic rings. The zero-order valence-corrected chi connectivity index (χ0v) is 7.87. The van der Waals surface area contributed by atoms with Gasteiger partial charge in [0.2, 0.25) is 5.91 Å². The van der Waals surface area contributed by atoms with Crippen LogP contribution in [0.25, 0.3) is 10.9 Å². The maximum atomic E-state index is 10.9. The lowest BCUT2D eigenvalue weighted by Gasteiger charge is -2.01. The van der Waals surface area contributed by atoms with Crippen molar-refractivity contribution in [2.75, 3.05) is 0 Å². The van der Waals surface area contributed by atoms with Crippen molar-refractivity contribution in [2.45, 2.75) is 6.92 Å². The summed E-state index contributed by atoms with van der Waals surface area (Å²) in [5.41, 5.74) is 7.00. The molecule has 0 saturated carbocycles. The average Bonchev–Trinajstić information content (AvgIpc) is 2.59. The monoisotopic (exact) mass is 187 g/mol. The normalized spacial score (nSPS) is 11.0. The van der Waals surface area contributed by atoms with Crippen LogP contribution in [-0.4, -0.2) is 10.9 Å². The number of hydrogen-bond donors (Lipinski definition) is 2. The number of para-hydroxylation sites is 1. The molecule has 3 heteroatoms. The molecular weight excluding hydrogens is 176 g/mol. The van der Waals surface area contributed by atoms with Gasteiger partial charge in [-0.3, -0.25) is 4.79 Å². The van der Waals surface area contributed by atoms with Gasteiger partial charge in [-0.15, -0.1) is 0 Å². The average molecular weight is 187 g/mol. The third-order valence-corrected chi connectivity index (χ3v) is 2.30. The van der Waals surface area contributed by atoms with Crippen LogP contribution >= 0.6 is 0 Å². The van der Waals surface area contributed by atoms with Gasteiger partial charge in [0.25, 0.3) is 0 Å². The molecule has 2 rings (SSSR count). The SMILES string of the molecule is C[C](C(N)=O)c1cc2ccccc2[nH]1. The Bertz CT molecular complexity index is 440. The molecule has 0 spiro atoms. The van der Waals surface area contributed by atoms with Gasteiger partial charge in [-0.1, -0.05) is 18.2 Å². The second-order valence-corrected chi connectivity index (χ2v) is 3.26. The fourth-order valence-electron chi connectivity index (χ4n) is 1.41. The molecule has 0 aliphatic rings. The number of amides is 1. The van der Waals surface area contributed by atoms with Crippen molar-refractivity contribution >= 4 is 16.8 Å². The highest BCUT2D eigenvalue weighted by Gasteiger charge is 2.14. The van der Waals surface area contributed by atoms with E-state index >= 15 is 0 Å². The second kappa shape index (κ2) is 3.18. The molecule has 0 fully saturated rings. The van der Waals surface area contributed by atoms with Crippen LogP contribution in [0.1, 0.15) is 12.6 Å². The molecule has 0 atom stereocenters. The minimum atomic E-state index is -0.392. The lowest BCUT2D eigenvalue weighted by molar-refractivity contribution is -0.115. The van der Waals surface area contributed by atoms with Crippen molar-refractivity contribution in [1.82, 2.24) is 4.98 Å². The van der Waals surface area contributed by atoms with Crippen molar-refractivity contribution in [3.8, 4) is 0 Å². The largest absolute Gasteiger partial charge is 0.369 e. The first-order chi connectivity index (χ1) is 6.68. The van der Waals surface area contributed by atoms with E-state index in [1.807, 2.05) is 30.3 Å². The summed E-state index contributed by atoms with van der Waals surface area (Å²) >= 11 is 0. The molecule has 1 radical (unpaired) electrons. The fraction of sp³-hybridized carbons (Fsp3) is 0.0909. The van der Waals surface area contributed by atoms with E-state index in [2.05, 4.69) is 4.98 Å². The number of fused-ring (bicyclic) bond motifs is 1. The molecule has 0 bridgehead atoms. The van der Waals surface area contributed by atoms with Crippen molar-refractivity contribution in [3.05, 3.63) is 41.9 Å². The number of benzene rings is 1. The third-order valence-electron chi connectivity index (χ3n) is 2.30. The molecule has 3 nitrogen and oxygen atoms in total. The van der Waals surface area contributed by atoms with E-state index in [4.69, 9.17) is 5.73 Å². The molecular formula is C11H11N2O. The van der Waals surface area contributed by atoms with Gasteiger partial charge in [-0.05, 0) is 24.4 Å². The molecule has 71 valence electrons. The van der Waals surface area contributed by atoms with Gasteiger partial charge < -0.3 is 10.7 Å². The molecule has 0 aliphatic carbocycles. The maximum absolute atomic E-state index is 10.9. The summed E-state index contributed by atoms with van der Waals surface area (Å²) in [6.07, 6.45) is 0. The smallest absolute Gasteiger partial charge is 0.230 e. The predicted molar refractivity (Wildman–Crippen MR) is 55.5 cm³/mol. The van der Waals surface area contributed by atoms with Crippen LogP contribution in [0.3, 0.4) is 0 Å². The molecule has 3 N–H and O–H groups in total. The van der Waals surface area contributed by atoms with E-state index in [0.717, 1.165) is 16.6 Å². The first kappa shape index (κ1) is 8.81. The summed E-state index contributed by atoms with van der Waals surface area (Å²) in [4.78, 5) is 14.1. The molecule has 0 aliphatic heterocycles. The highest BCUT2D eigenvalue weighted by atomic mass is 16.1. The summed E-state index contributed by atoms with van der Waals surface area (Å²) in [7, 11) is 0. The van der Waals surface area contributed by atoms with Gasteiger partial charge in [0.05, 0.1) is 0 Å². The molecule has 1 heterocycles. The van der Waals surface area contributed by atoms with E-state index in [1.165, 1.54) is 0 Å². The fourth-order valence-corrected chi connectivity index (χ4v) is 1.41. The molecule has 0 saturated heterocycles. The predicted octanol–water partition coefficient (Wildman–Crippen LogP) is 1.60. The lowest BCUT2D eigenvalue weighted by atomic mass is 10.1. The summed E-state index contributed by atoms with van der Waals surface area (Å²) in [5, 5.41) is 1.09. The number of nitrogens with two attached hydrogens (primary N) is 1. The van der Waals surface area contributed by atoms with Crippen LogP contribution in [0.2, 0.25) is 0 Å². The number of hydrogen-bond acceptors (Lipinski definition) is 1. The Balaban J connectivity index is 2.50. The number of carbonyl (C=O) groups excluding carboxylic acids is 1. The number of rotatable bonds is 2. The summed E-state index contributed by atoms with van der Waals surface area (Å²) in [5.74, 6) is 0.165. The highest BCUT2D eigenvalue weighted by Crippen LogP contribution is 2.19. The van der Waals surface area contributed by atoms with E-state index in [-0.39, 0.29) is 0 Å². The van der Waals surface area contributed by atoms with Crippen LogP contribution in [0.5, 0.6) is 0 Å². The summed E-state index contributed by atoms with van der Waals surface area (Å²) < 4.78 is 0. The highest BCUT2D eigenvalue weighted by molar-refractivity contribution is 5.94. The molecule has 0 unspecified atom stereocenters. The van der Waals surface area contributed by atoms with E-state index in [1.54, 1.807) is 6.92 Å². The van der Waals surface area contributed by atoms with Crippen molar-refractivity contribution in [3.63, 3.8) is 0 Å². The molecule has 14 heavy (non-hydrogen) atoms. The zero-order valence-electron chi connectivity index (χ0n) is 7.87. The van der Waals surface area contributed by atoms with Crippen molar-refractivity contribution in [2.24, 2.45) is 5.73 Å². The standard InChI is InChI=1S/C11H11N2O/c1-7(11(12)14)10-6-8-4-2-3-5-9(8)13-10/h2-6,13H,1H3,(H2,12,14). The molecule has 1 aromatic heterocycles. The van der Waals surface area contributed by atoms with Crippen LogP contribution < -0.4 is 5.73 Å². The van der Waals surface area contributed by atoms with Gasteiger partial charge in [0.15, 0.2) is 0 Å². The zero-order chi connectivity index (χ0) is 10.1. The third kappa shape index (κ3) is 1.37. The number of primary amides is 1. The first-order valence-corrected chi connectivity index (χ1v) is 4.40. The Morgan fingerprint density at radius 2 is 2.07 bits per heavy atom. The maximum Gasteiger partial charge on any atom is 0.230 e. The Morgan fingerprint density at radius 3 is 2.71 bits per heavy atom. The number of H-pyrrole nitrogens is 1. The number of carbonyl (C=O) groups is 1. The Kier molecular flexibility index (Phi) is 2.00. The van der Waals surface area contributed by atoms with Crippen LogP contribution in [0.15, 0.2) is 30.3 Å². The minimum absolute atomic E-state index is 0.392. The van der Waals surface area contributed by atoms with Crippen LogP contribution in [-0.2, 0) is 4.79 Å². The first-order valence-electron chi connectivity index (χ1n) is 4.40. The van der Waals surface area contributed by atoms with Gasteiger partial charge in [-0.25, -0.2) is 0 Å².